The maximum atomic E-state index is 11.4. The number of hydrogen-bond acceptors (Lipinski definition) is 3. The van der Waals surface area contributed by atoms with E-state index < -0.39 is 0 Å². The van der Waals surface area contributed by atoms with Crippen molar-refractivity contribution in [1.82, 2.24) is 0 Å². The number of para-hydroxylation sites is 1. The van der Waals surface area contributed by atoms with E-state index in [1.54, 1.807) is 13.2 Å². The van der Waals surface area contributed by atoms with Crippen LogP contribution in [0.4, 0.5) is 5.69 Å². The highest BCUT2D eigenvalue weighted by molar-refractivity contribution is 5.79. The molecular formula is C13H15NO2. The summed E-state index contributed by atoms with van der Waals surface area (Å²) in [6.07, 6.45) is 4.01. The molecule has 1 aliphatic rings. The summed E-state index contributed by atoms with van der Waals surface area (Å²) in [5.74, 6) is 0.0444. The lowest BCUT2D eigenvalue weighted by molar-refractivity contribution is -0.124. The van der Waals surface area contributed by atoms with Gasteiger partial charge in [0.1, 0.15) is 5.78 Å². The summed E-state index contributed by atoms with van der Waals surface area (Å²) < 4.78 is 5.44. The minimum Gasteiger partial charge on any atom is -0.478 e. The third-order valence-electron chi connectivity index (χ3n) is 2.68. The molecule has 3 nitrogen and oxygen atoms in total. The molecule has 0 fully saturated rings. The maximum Gasteiger partial charge on any atom is 0.179 e. The molecule has 0 aromatic heterocycles. The van der Waals surface area contributed by atoms with Gasteiger partial charge in [-0.1, -0.05) is 18.2 Å². The summed E-state index contributed by atoms with van der Waals surface area (Å²) in [7, 11) is 0. The Bertz CT molecular complexity index is 386. The Morgan fingerprint density at radius 3 is 2.81 bits per heavy atom. The lowest BCUT2D eigenvalue weighted by Gasteiger charge is -2.28. The Hall–Kier alpha value is -1.77. The molecule has 1 heterocycles. The molecule has 0 bridgehead atoms. The normalized spacial score (nSPS) is 23.6. The number of benzene rings is 1. The molecule has 2 rings (SSSR count). The number of allylic oxidation sites excluding steroid dienone is 1. The fraction of sp³-hybridized carbons (Fsp3) is 0.308. The van der Waals surface area contributed by atoms with Gasteiger partial charge < -0.3 is 10.1 Å². The summed E-state index contributed by atoms with van der Waals surface area (Å²) in [6.45, 7) is 1.60. The molecule has 1 aromatic rings. The van der Waals surface area contributed by atoms with Gasteiger partial charge in [-0.15, -0.1) is 0 Å². The Morgan fingerprint density at radius 2 is 2.12 bits per heavy atom. The van der Waals surface area contributed by atoms with E-state index in [4.69, 9.17) is 4.74 Å². The fourth-order valence-corrected chi connectivity index (χ4v) is 1.77. The van der Waals surface area contributed by atoms with Gasteiger partial charge in [0.05, 0.1) is 12.2 Å². The van der Waals surface area contributed by atoms with Gasteiger partial charge in [0.2, 0.25) is 0 Å². The highest BCUT2D eigenvalue weighted by Gasteiger charge is 2.27. The van der Waals surface area contributed by atoms with Crippen LogP contribution < -0.4 is 5.32 Å². The Morgan fingerprint density at radius 1 is 1.38 bits per heavy atom. The van der Waals surface area contributed by atoms with Crippen LogP contribution in [0, 0.1) is 5.92 Å². The van der Waals surface area contributed by atoms with E-state index >= 15 is 0 Å². The number of ketones is 1. The second kappa shape index (κ2) is 4.84. The van der Waals surface area contributed by atoms with Crippen molar-refractivity contribution in [3.63, 3.8) is 0 Å². The van der Waals surface area contributed by atoms with Crippen molar-refractivity contribution in [2.75, 3.05) is 5.32 Å². The van der Waals surface area contributed by atoms with Gasteiger partial charge in [0, 0.05) is 5.69 Å². The molecule has 0 saturated heterocycles. The van der Waals surface area contributed by atoms with Crippen molar-refractivity contribution in [2.24, 2.45) is 5.92 Å². The number of hydrogen-bond donors (Lipinski definition) is 1. The number of carbonyl (C=O) groups is 1. The average Bonchev–Trinajstić information content (AvgIpc) is 2.31. The third-order valence-corrected chi connectivity index (χ3v) is 2.68. The van der Waals surface area contributed by atoms with Crippen molar-refractivity contribution >= 4 is 11.5 Å². The molecule has 2 atom stereocenters. The molecule has 84 valence electrons. The first-order valence-corrected chi connectivity index (χ1v) is 5.40. The van der Waals surface area contributed by atoms with Crippen molar-refractivity contribution in [2.45, 2.75) is 19.6 Å². The van der Waals surface area contributed by atoms with Crippen molar-refractivity contribution in [3.05, 3.63) is 42.7 Å². The Balaban J connectivity index is 2.08. The zero-order chi connectivity index (χ0) is 11.4. The highest BCUT2D eigenvalue weighted by atomic mass is 16.5. The molecule has 16 heavy (non-hydrogen) atoms. The highest BCUT2D eigenvalue weighted by Crippen LogP contribution is 2.21. The summed E-state index contributed by atoms with van der Waals surface area (Å²) in [4.78, 5) is 11.4. The largest absolute Gasteiger partial charge is 0.478 e. The molecule has 2 unspecified atom stereocenters. The van der Waals surface area contributed by atoms with Gasteiger partial charge in [-0.2, -0.15) is 0 Å². The molecule has 0 saturated carbocycles. The molecule has 0 amide bonds. The van der Waals surface area contributed by atoms with Crippen LogP contribution in [-0.4, -0.2) is 12.0 Å². The van der Waals surface area contributed by atoms with Crippen LogP contribution in [0.25, 0.3) is 0 Å². The van der Waals surface area contributed by atoms with Crippen molar-refractivity contribution in [1.29, 1.82) is 0 Å². The fourth-order valence-electron chi connectivity index (χ4n) is 1.77. The van der Waals surface area contributed by atoms with Gasteiger partial charge in [0.25, 0.3) is 0 Å². The lowest BCUT2D eigenvalue weighted by Crippen LogP contribution is -2.36. The monoisotopic (exact) mass is 217 g/mol. The second-order valence-electron chi connectivity index (χ2n) is 3.89. The minimum atomic E-state index is -0.259. The molecule has 0 aliphatic carbocycles. The smallest absolute Gasteiger partial charge is 0.179 e. The van der Waals surface area contributed by atoms with Gasteiger partial charge in [-0.25, -0.2) is 0 Å². The van der Waals surface area contributed by atoms with Crippen LogP contribution in [0.5, 0.6) is 0 Å². The number of Topliss-reactive ketones (excluding diaryl/α,β-unsaturated/α-hetero) is 1. The van der Waals surface area contributed by atoms with Gasteiger partial charge in [0.15, 0.2) is 6.23 Å². The minimum absolute atomic E-state index is 0.106. The lowest BCUT2D eigenvalue weighted by atomic mass is 9.97. The van der Waals surface area contributed by atoms with Crippen molar-refractivity contribution in [3.8, 4) is 0 Å². The Labute approximate surface area is 95.1 Å². The average molecular weight is 217 g/mol. The van der Waals surface area contributed by atoms with Crippen LogP contribution in [0.15, 0.2) is 42.7 Å². The summed E-state index contributed by atoms with van der Waals surface area (Å²) in [5, 5.41) is 3.22. The van der Waals surface area contributed by atoms with Crippen LogP contribution in [0.2, 0.25) is 0 Å². The van der Waals surface area contributed by atoms with Crippen LogP contribution in [-0.2, 0) is 9.53 Å². The standard InChI is InChI=1S/C13H15NO2/c1-10(15)12-8-5-9-16-13(12)14-11-6-3-2-4-7-11/h2-7,9,12-14H,8H2,1H3. The first-order valence-electron chi connectivity index (χ1n) is 5.40. The van der Waals surface area contributed by atoms with Gasteiger partial charge in [-0.3, -0.25) is 4.79 Å². The number of nitrogens with one attached hydrogen (secondary N) is 1. The van der Waals surface area contributed by atoms with Crippen LogP contribution in [0.1, 0.15) is 13.3 Å². The number of anilines is 1. The van der Waals surface area contributed by atoms with Gasteiger partial charge >= 0.3 is 0 Å². The second-order valence-corrected chi connectivity index (χ2v) is 3.89. The third kappa shape index (κ3) is 2.42. The summed E-state index contributed by atoms with van der Waals surface area (Å²) in [6, 6.07) is 9.76. The molecule has 1 aromatic carbocycles. The first-order chi connectivity index (χ1) is 7.77. The quantitative estimate of drug-likeness (QED) is 0.845. The van der Waals surface area contributed by atoms with Gasteiger partial charge in [-0.05, 0) is 31.6 Å². The molecule has 0 spiro atoms. The molecule has 1 N–H and O–H groups in total. The predicted molar refractivity (Wildman–Crippen MR) is 62.9 cm³/mol. The summed E-state index contributed by atoms with van der Waals surface area (Å²) >= 11 is 0. The van der Waals surface area contributed by atoms with E-state index in [2.05, 4.69) is 5.32 Å². The Kier molecular flexibility index (Phi) is 3.25. The predicted octanol–water partition coefficient (Wildman–Crippen LogP) is 2.56. The van der Waals surface area contributed by atoms with Crippen molar-refractivity contribution < 1.29 is 9.53 Å². The molecule has 1 aliphatic heterocycles. The van der Waals surface area contributed by atoms with E-state index in [1.165, 1.54) is 0 Å². The van der Waals surface area contributed by atoms with E-state index in [9.17, 15) is 4.79 Å². The topological polar surface area (TPSA) is 38.3 Å². The number of ether oxygens (including phenoxy) is 1. The summed E-state index contributed by atoms with van der Waals surface area (Å²) in [5.41, 5.74) is 0.967. The molecule has 3 heteroatoms. The molecular weight excluding hydrogens is 202 g/mol. The van der Waals surface area contributed by atoms with E-state index in [-0.39, 0.29) is 17.9 Å². The molecule has 0 radical (unpaired) electrons. The van der Waals surface area contributed by atoms with E-state index in [0.29, 0.717) is 0 Å². The first kappa shape index (κ1) is 10.7. The zero-order valence-electron chi connectivity index (χ0n) is 9.22. The van der Waals surface area contributed by atoms with Crippen LogP contribution >= 0.6 is 0 Å². The van der Waals surface area contributed by atoms with E-state index in [1.807, 2.05) is 36.4 Å². The number of rotatable bonds is 3. The zero-order valence-corrected chi connectivity index (χ0v) is 9.22. The van der Waals surface area contributed by atoms with Crippen LogP contribution in [0.3, 0.4) is 0 Å². The van der Waals surface area contributed by atoms with E-state index in [0.717, 1.165) is 12.1 Å². The maximum absolute atomic E-state index is 11.4. The SMILES string of the molecule is CC(=O)C1CC=COC1Nc1ccccc1. The number of carbonyl (C=O) groups excluding carboxylic acids is 1.